The maximum Gasteiger partial charge on any atom is 0.337 e. The van der Waals surface area contributed by atoms with Gasteiger partial charge in [0.15, 0.2) is 0 Å². The molecule has 0 saturated carbocycles. The van der Waals surface area contributed by atoms with Crippen molar-refractivity contribution >= 4 is 39.0 Å². The van der Waals surface area contributed by atoms with Crippen LogP contribution in [-0.2, 0) is 4.74 Å². The summed E-state index contributed by atoms with van der Waals surface area (Å²) in [5.41, 5.74) is 5.75. The standard InChI is InChI=1S/C26H19N3O2S/c1-31-26(30)20-8-5-9-21(14-20)29-24-23-22(15-32-25(23)28-16-27-24)19-12-10-18(11-13-19)17-6-3-2-4-7-17/h2-16H,1H3,(H,27,28,29). The van der Waals surface area contributed by atoms with Crippen LogP contribution < -0.4 is 5.32 Å². The maximum atomic E-state index is 11.9. The van der Waals surface area contributed by atoms with E-state index in [9.17, 15) is 4.79 Å². The third kappa shape index (κ3) is 3.84. The lowest BCUT2D eigenvalue weighted by Gasteiger charge is -2.10. The molecule has 156 valence electrons. The van der Waals surface area contributed by atoms with Gasteiger partial charge in [-0.2, -0.15) is 0 Å². The third-order valence-electron chi connectivity index (χ3n) is 5.22. The number of esters is 1. The average molecular weight is 438 g/mol. The number of carbonyl (C=O) groups excluding carboxylic acids is 1. The van der Waals surface area contributed by atoms with Crippen molar-refractivity contribution in [3.63, 3.8) is 0 Å². The van der Waals surface area contributed by atoms with Crippen LogP contribution in [0.2, 0.25) is 0 Å². The zero-order chi connectivity index (χ0) is 21.9. The van der Waals surface area contributed by atoms with Gasteiger partial charge < -0.3 is 10.1 Å². The number of aromatic nitrogens is 2. The molecule has 0 aliphatic carbocycles. The Morgan fingerprint density at radius 2 is 1.62 bits per heavy atom. The molecule has 0 saturated heterocycles. The minimum atomic E-state index is -0.379. The van der Waals surface area contributed by atoms with Crippen molar-refractivity contribution in [3.05, 3.63) is 96.1 Å². The number of benzene rings is 3. The summed E-state index contributed by atoms with van der Waals surface area (Å²) in [6.07, 6.45) is 1.55. The fourth-order valence-corrected chi connectivity index (χ4v) is 4.55. The summed E-state index contributed by atoms with van der Waals surface area (Å²) < 4.78 is 4.83. The van der Waals surface area contributed by atoms with Gasteiger partial charge in [-0.1, -0.05) is 60.7 Å². The smallest absolute Gasteiger partial charge is 0.337 e. The van der Waals surface area contributed by atoms with E-state index in [-0.39, 0.29) is 5.97 Å². The first-order valence-electron chi connectivity index (χ1n) is 10.1. The van der Waals surface area contributed by atoms with E-state index < -0.39 is 0 Å². The van der Waals surface area contributed by atoms with Crippen LogP contribution in [0.15, 0.2) is 90.6 Å². The number of nitrogens with one attached hydrogen (secondary N) is 1. The lowest BCUT2D eigenvalue weighted by atomic mass is 10.0. The van der Waals surface area contributed by atoms with Crippen molar-refractivity contribution in [2.24, 2.45) is 0 Å². The molecular formula is C26H19N3O2S. The molecule has 5 rings (SSSR count). The van der Waals surface area contributed by atoms with Gasteiger partial charge in [0.05, 0.1) is 18.1 Å². The maximum absolute atomic E-state index is 11.9. The van der Waals surface area contributed by atoms with Crippen molar-refractivity contribution in [1.82, 2.24) is 9.97 Å². The van der Waals surface area contributed by atoms with Gasteiger partial charge in [-0.15, -0.1) is 11.3 Å². The molecule has 0 radical (unpaired) electrons. The van der Waals surface area contributed by atoms with Crippen molar-refractivity contribution in [2.75, 3.05) is 12.4 Å². The molecule has 0 amide bonds. The molecule has 0 atom stereocenters. The second-order valence-corrected chi connectivity index (χ2v) is 8.05. The number of hydrogen-bond acceptors (Lipinski definition) is 6. The Bertz CT molecular complexity index is 1400. The second-order valence-electron chi connectivity index (χ2n) is 7.19. The van der Waals surface area contributed by atoms with Crippen LogP contribution in [0.1, 0.15) is 10.4 Å². The molecule has 0 aliphatic heterocycles. The average Bonchev–Trinajstić information content (AvgIpc) is 3.30. The van der Waals surface area contributed by atoms with Gasteiger partial charge in [0, 0.05) is 16.6 Å². The van der Waals surface area contributed by atoms with E-state index in [1.165, 1.54) is 18.2 Å². The molecular weight excluding hydrogens is 418 g/mol. The van der Waals surface area contributed by atoms with Crippen molar-refractivity contribution in [3.8, 4) is 22.3 Å². The monoisotopic (exact) mass is 437 g/mol. The highest BCUT2D eigenvalue weighted by molar-refractivity contribution is 7.17. The topological polar surface area (TPSA) is 64.1 Å². The van der Waals surface area contributed by atoms with E-state index in [2.05, 4.69) is 57.1 Å². The summed E-state index contributed by atoms with van der Waals surface area (Å²) in [5.74, 6) is 0.316. The van der Waals surface area contributed by atoms with Crippen molar-refractivity contribution < 1.29 is 9.53 Å². The predicted octanol–water partition coefficient (Wildman–Crippen LogP) is 6.56. The molecule has 3 aromatic carbocycles. The van der Waals surface area contributed by atoms with Crippen LogP contribution in [0.4, 0.5) is 11.5 Å². The van der Waals surface area contributed by atoms with E-state index in [1.807, 2.05) is 30.3 Å². The Morgan fingerprint density at radius 1 is 0.875 bits per heavy atom. The van der Waals surface area contributed by atoms with Crippen LogP contribution >= 0.6 is 11.3 Å². The van der Waals surface area contributed by atoms with Crippen molar-refractivity contribution in [2.45, 2.75) is 0 Å². The lowest BCUT2D eigenvalue weighted by molar-refractivity contribution is 0.0601. The number of ether oxygens (including phenoxy) is 1. The van der Waals surface area contributed by atoms with Gasteiger partial charge >= 0.3 is 5.97 Å². The first-order valence-corrected chi connectivity index (χ1v) is 10.9. The Hall–Kier alpha value is -4.03. The summed E-state index contributed by atoms with van der Waals surface area (Å²) in [4.78, 5) is 21.7. The lowest BCUT2D eigenvalue weighted by Crippen LogP contribution is -2.02. The summed E-state index contributed by atoms with van der Waals surface area (Å²) in [7, 11) is 1.37. The number of nitrogens with zero attached hydrogens (tertiary/aromatic N) is 2. The first-order chi connectivity index (χ1) is 15.7. The number of hydrogen-bond donors (Lipinski definition) is 1. The molecule has 6 heteroatoms. The highest BCUT2D eigenvalue weighted by atomic mass is 32.1. The number of rotatable bonds is 5. The fourth-order valence-electron chi connectivity index (χ4n) is 3.63. The molecule has 5 nitrogen and oxygen atoms in total. The highest BCUT2D eigenvalue weighted by Gasteiger charge is 2.14. The number of anilines is 2. The van der Waals surface area contributed by atoms with Gasteiger partial charge in [0.1, 0.15) is 17.0 Å². The minimum absolute atomic E-state index is 0.379. The van der Waals surface area contributed by atoms with Gasteiger partial charge in [-0.05, 0) is 34.9 Å². The zero-order valence-electron chi connectivity index (χ0n) is 17.3. The number of methoxy groups -OCH3 is 1. The van der Waals surface area contributed by atoms with Gasteiger partial charge in [0.25, 0.3) is 0 Å². The summed E-state index contributed by atoms with van der Waals surface area (Å²) in [6.45, 7) is 0. The molecule has 0 unspecified atom stereocenters. The molecule has 2 aromatic heterocycles. The van der Waals surface area contributed by atoms with Crippen LogP contribution in [0, 0.1) is 0 Å². The molecule has 32 heavy (non-hydrogen) atoms. The number of fused-ring (bicyclic) bond motifs is 1. The summed E-state index contributed by atoms with van der Waals surface area (Å²) >= 11 is 1.58. The highest BCUT2D eigenvalue weighted by Crippen LogP contribution is 2.38. The molecule has 2 heterocycles. The third-order valence-corrected chi connectivity index (χ3v) is 6.11. The van der Waals surface area contributed by atoms with Gasteiger partial charge in [0.2, 0.25) is 0 Å². The molecule has 0 aliphatic rings. The molecule has 0 bridgehead atoms. The predicted molar refractivity (Wildman–Crippen MR) is 129 cm³/mol. The molecule has 0 spiro atoms. The Kier molecular flexibility index (Phi) is 5.35. The van der Waals surface area contributed by atoms with Gasteiger partial charge in [-0.25, -0.2) is 14.8 Å². The van der Waals surface area contributed by atoms with Crippen molar-refractivity contribution in [1.29, 1.82) is 0 Å². The Balaban J connectivity index is 1.52. The zero-order valence-corrected chi connectivity index (χ0v) is 18.1. The molecule has 0 fully saturated rings. The summed E-state index contributed by atoms with van der Waals surface area (Å²) in [6, 6.07) is 26.0. The van der Waals surface area contributed by atoms with Crippen LogP contribution in [0.25, 0.3) is 32.5 Å². The van der Waals surface area contributed by atoms with Crippen LogP contribution in [0.5, 0.6) is 0 Å². The normalized spacial score (nSPS) is 10.8. The van der Waals surface area contributed by atoms with E-state index in [4.69, 9.17) is 4.74 Å². The summed E-state index contributed by atoms with van der Waals surface area (Å²) in [5, 5.41) is 6.40. The quantitative estimate of drug-likeness (QED) is 0.316. The fraction of sp³-hybridized carbons (Fsp3) is 0.0385. The number of carbonyl (C=O) groups is 1. The van der Waals surface area contributed by atoms with E-state index >= 15 is 0 Å². The second kappa shape index (κ2) is 8.61. The first kappa shape index (κ1) is 19.9. The van der Waals surface area contributed by atoms with E-state index in [1.54, 1.807) is 29.8 Å². The van der Waals surface area contributed by atoms with E-state index in [0.29, 0.717) is 11.4 Å². The van der Waals surface area contributed by atoms with E-state index in [0.717, 1.165) is 27.0 Å². The largest absolute Gasteiger partial charge is 0.465 e. The number of thiophene rings is 1. The van der Waals surface area contributed by atoms with Crippen LogP contribution in [-0.4, -0.2) is 23.0 Å². The molecule has 1 N–H and O–H groups in total. The van der Waals surface area contributed by atoms with Gasteiger partial charge in [-0.3, -0.25) is 0 Å². The Morgan fingerprint density at radius 3 is 2.41 bits per heavy atom. The minimum Gasteiger partial charge on any atom is -0.465 e. The SMILES string of the molecule is COC(=O)c1cccc(Nc2ncnc3scc(-c4ccc(-c5ccccc5)cc4)c23)c1. The molecule has 5 aromatic rings. The van der Waals surface area contributed by atoms with Crippen LogP contribution in [0.3, 0.4) is 0 Å². The Labute approximate surface area is 189 Å².